The van der Waals surface area contributed by atoms with Gasteiger partial charge in [-0.3, -0.25) is 4.68 Å². The van der Waals surface area contributed by atoms with Gasteiger partial charge < -0.3 is 0 Å². The highest BCUT2D eigenvalue weighted by Crippen LogP contribution is 1.66. The summed E-state index contributed by atoms with van der Waals surface area (Å²) in [6, 6.07) is 0. The summed E-state index contributed by atoms with van der Waals surface area (Å²) < 4.78 is 1.64. The Labute approximate surface area is 63.2 Å². The second-order valence-corrected chi connectivity index (χ2v) is 1.73. The van der Waals surface area contributed by atoms with Crippen LogP contribution in [0.5, 0.6) is 0 Å². The van der Waals surface area contributed by atoms with E-state index < -0.39 is 0 Å². The molecule has 0 unspecified atom stereocenters. The Morgan fingerprint density at radius 2 is 1.91 bits per heavy atom. The van der Waals surface area contributed by atoms with E-state index in [9.17, 15) is 0 Å². The van der Waals surface area contributed by atoms with Gasteiger partial charge in [0.05, 0.1) is 18.6 Å². The van der Waals surface area contributed by atoms with Crippen molar-refractivity contribution in [1.29, 1.82) is 0 Å². The van der Waals surface area contributed by atoms with Gasteiger partial charge in [-0.05, 0) is 0 Å². The minimum Gasteiger partial charge on any atom is -0.256 e. The second kappa shape index (κ2) is 4.15. The smallest absolute Gasteiger partial charge is 0.0692 e. The van der Waals surface area contributed by atoms with E-state index in [-0.39, 0.29) is 0 Å². The molecule has 0 atom stereocenters. The number of aromatic amines is 1. The fraction of sp³-hybridized carbons (Fsp3) is 0.200. The van der Waals surface area contributed by atoms with Gasteiger partial charge in [-0.1, -0.05) is 5.21 Å². The summed E-state index contributed by atoms with van der Waals surface area (Å²) >= 11 is 0. The molecule has 0 aliphatic carbocycles. The van der Waals surface area contributed by atoms with E-state index >= 15 is 0 Å². The Hall–Kier alpha value is -1.72. The SMILES string of the molecule is Cn1ccnn1.c1cn[nH]n1. The summed E-state index contributed by atoms with van der Waals surface area (Å²) in [5, 5.41) is 16.5. The van der Waals surface area contributed by atoms with Crippen LogP contribution in [0.4, 0.5) is 0 Å². The summed E-state index contributed by atoms with van der Waals surface area (Å²) in [5.74, 6) is 0. The lowest BCUT2D eigenvalue weighted by atomic mass is 10.9. The van der Waals surface area contributed by atoms with Crippen molar-refractivity contribution in [2.24, 2.45) is 7.05 Å². The van der Waals surface area contributed by atoms with Gasteiger partial charge in [-0.25, -0.2) is 0 Å². The minimum atomic E-state index is 1.58. The summed E-state index contributed by atoms with van der Waals surface area (Å²) in [5.41, 5.74) is 0. The van der Waals surface area contributed by atoms with E-state index in [1.54, 1.807) is 29.5 Å². The zero-order valence-corrected chi connectivity index (χ0v) is 6.05. The van der Waals surface area contributed by atoms with Gasteiger partial charge in [-0.2, -0.15) is 15.4 Å². The summed E-state index contributed by atoms with van der Waals surface area (Å²) in [6.07, 6.45) is 6.58. The van der Waals surface area contributed by atoms with Gasteiger partial charge in [-0.15, -0.1) is 5.10 Å². The van der Waals surface area contributed by atoms with Crippen molar-refractivity contribution in [2.45, 2.75) is 0 Å². The normalized spacial score (nSPS) is 8.45. The monoisotopic (exact) mass is 152 g/mol. The number of rotatable bonds is 0. The third kappa shape index (κ3) is 3.09. The molecule has 0 aliphatic heterocycles. The average Bonchev–Trinajstić information content (AvgIpc) is 2.57. The predicted molar refractivity (Wildman–Crippen MR) is 37.4 cm³/mol. The van der Waals surface area contributed by atoms with Crippen LogP contribution in [0.15, 0.2) is 24.8 Å². The highest BCUT2D eigenvalue weighted by Gasteiger charge is 1.71. The van der Waals surface area contributed by atoms with Gasteiger partial charge in [0.2, 0.25) is 0 Å². The molecule has 1 N–H and O–H groups in total. The Kier molecular flexibility index (Phi) is 2.79. The molecule has 2 rings (SSSR count). The first-order chi connectivity index (χ1) is 5.39. The van der Waals surface area contributed by atoms with Crippen LogP contribution in [0.1, 0.15) is 0 Å². The molecule has 11 heavy (non-hydrogen) atoms. The maximum absolute atomic E-state index is 3.58. The Morgan fingerprint density at radius 1 is 1.18 bits per heavy atom. The lowest BCUT2D eigenvalue weighted by molar-refractivity contribution is 0.715. The van der Waals surface area contributed by atoms with Gasteiger partial charge in [0.15, 0.2) is 0 Å². The van der Waals surface area contributed by atoms with Gasteiger partial charge in [0, 0.05) is 13.2 Å². The summed E-state index contributed by atoms with van der Waals surface area (Å²) in [4.78, 5) is 0. The molecule has 0 saturated heterocycles. The maximum atomic E-state index is 3.58. The van der Waals surface area contributed by atoms with Crippen LogP contribution in [-0.4, -0.2) is 30.4 Å². The summed E-state index contributed by atoms with van der Waals surface area (Å²) in [7, 11) is 1.83. The zero-order valence-electron chi connectivity index (χ0n) is 6.05. The van der Waals surface area contributed by atoms with Crippen LogP contribution in [0, 0.1) is 0 Å². The molecule has 0 fully saturated rings. The van der Waals surface area contributed by atoms with Crippen LogP contribution in [0.25, 0.3) is 0 Å². The largest absolute Gasteiger partial charge is 0.256 e. The molecule has 0 aromatic carbocycles. The molecule has 0 saturated carbocycles. The topological polar surface area (TPSA) is 72.3 Å². The lowest BCUT2D eigenvalue weighted by Gasteiger charge is -1.74. The Bertz CT molecular complexity index is 229. The number of hydrogen-bond acceptors (Lipinski definition) is 4. The van der Waals surface area contributed by atoms with Crippen molar-refractivity contribution in [3.8, 4) is 0 Å². The molecule has 0 bridgehead atoms. The van der Waals surface area contributed by atoms with Gasteiger partial charge >= 0.3 is 0 Å². The van der Waals surface area contributed by atoms with E-state index in [0.717, 1.165) is 0 Å². The van der Waals surface area contributed by atoms with E-state index in [1.165, 1.54) is 0 Å². The van der Waals surface area contributed by atoms with E-state index in [2.05, 4.69) is 25.7 Å². The van der Waals surface area contributed by atoms with Crippen molar-refractivity contribution in [3.05, 3.63) is 24.8 Å². The lowest BCUT2D eigenvalue weighted by Crippen LogP contribution is -1.85. The average molecular weight is 152 g/mol. The minimum absolute atomic E-state index is 1.58. The number of nitrogens with one attached hydrogen (secondary N) is 1. The molecular weight excluding hydrogens is 144 g/mol. The molecule has 0 spiro atoms. The molecule has 58 valence electrons. The fourth-order valence-electron chi connectivity index (χ4n) is 0.434. The number of aromatic nitrogens is 6. The van der Waals surface area contributed by atoms with Crippen LogP contribution >= 0.6 is 0 Å². The maximum Gasteiger partial charge on any atom is 0.0692 e. The standard InChI is InChI=1S/C3H5N3.C2H3N3/c1-6-3-2-4-5-6;1-2-4-5-3-1/h2-3H,1H3;1-2H,(H,3,4,5). The molecule has 0 radical (unpaired) electrons. The highest BCUT2D eigenvalue weighted by atomic mass is 15.4. The number of hydrogen-bond donors (Lipinski definition) is 1. The van der Waals surface area contributed by atoms with Crippen LogP contribution in [0.2, 0.25) is 0 Å². The van der Waals surface area contributed by atoms with E-state index in [1.807, 2.05) is 7.05 Å². The van der Waals surface area contributed by atoms with Crippen molar-refractivity contribution >= 4 is 0 Å². The number of nitrogens with zero attached hydrogens (tertiary/aromatic N) is 5. The van der Waals surface area contributed by atoms with Crippen LogP contribution in [0.3, 0.4) is 0 Å². The highest BCUT2D eigenvalue weighted by molar-refractivity contribution is 4.59. The third-order valence-corrected chi connectivity index (χ3v) is 0.873. The third-order valence-electron chi connectivity index (χ3n) is 0.873. The number of H-pyrrole nitrogens is 1. The molecular formula is C5H8N6. The van der Waals surface area contributed by atoms with Gasteiger partial charge in [0.25, 0.3) is 0 Å². The molecule has 6 nitrogen and oxygen atoms in total. The van der Waals surface area contributed by atoms with E-state index in [4.69, 9.17) is 0 Å². The van der Waals surface area contributed by atoms with Crippen molar-refractivity contribution < 1.29 is 0 Å². The van der Waals surface area contributed by atoms with Crippen molar-refractivity contribution in [1.82, 2.24) is 30.4 Å². The fourth-order valence-corrected chi connectivity index (χ4v) is 0.434. The molecule has 2 aromatic rings. The predicted octanol–water partition coefficient (Wildman–Crippen LogP) is -0.380. The molecule has 0 aliphatic rings. The first-order valence-electron chi connectivity index (χ1n) is 2.99. The molecule has 0 amide bonds. The number of aryl methyl sites for hydroxylation is 1. The quantitative estimate of drug-likeness (QED) is 0.558. The first kappa shape index (κ1) is 7.39. The molecule has 6 heteroatoms. The first-order valence-corrected chi connectivity index (χ1v) is 2.99. The Balaban J connectivity index is 0.000000112. The van der Waals surface area contributed by atoms with Crippen molar-refractivity contribution in [2.75, 3.05) is 0 Å². The molecule has 2 aromatic heterocycles. The van der Waals surface area contributed by atoms with E-state index in [0.29, 0.717) is 0 Å². The van der Waals surface area contributed by atoms with Crippen molar-refractivity contribution in [3.63, 3.8) is 0 Å². The molecule has 2 heterocycles. The second-order valence-electron chi connectivity index (χ2n) is 1.73. The Morgan fingerprint density at radius 3 is 2.09 bits per heavy atom. The zero-order chi connectivity index (χ0) is 7.94. The van der Waals surface area contributed by atoms with Gasteiger partial charge in [0.1, 0.15) is 0 Å². The van der Waals surface area contributed by atoms with Crippen LogP contribution < -0.4 is 0 Å². The summed E-state index contributed by atoms with van der Waals surface area (Å²) in [6.45, 7) is 0. The van der Waals surface area contributed by atoms with Crippen LogP contribution in [-0.2, 0) is 7.05 Å².